The van der Waals surface area contributed by atoms with E-state index in [1.807, 2.05) is 12.1 Å². The number of ketones is 1. The van der Waals surface area contributed by atoms with E-state index in [1.165, 1.54) is 0 Å². The van der Waals surface area contributed by atoms with Crippen molar-refractivity contribution < 1.29 is 4.79 Å². The van der Waals surface area contributed by atoms with Crippen molar-refractivity contribution in [2.24, 2.45) is 0 Å². The molecule has 2 aromatic heterocycles. The molecule has 3 N–H and O–H groups in total. The van der Waals surface area contributed by atoms with E-state index in [9.17, 15) is 4.79 Å². The van der Waals surface area contributed by atoms with E-state index in [-0.39, 0.29) is 11.7 Å². The van der Waals surface area contributed by atoms with Gasteiger partial charge >= 0.3 is 0 Å². The van der Waals surface area contributed by atoms with Crippen LogP contribution in [0.4, 0.5) is 0 Å². The average molecular weight is 410 g/mol. The fourth-order valence-electron chi connectivity index (χ4n) is 2.98. The Kier molecular flexibility index (Phi) is 3.00. The first kappa shape index (κ1) is 13.2. The first-order valence-corrected chi connectivity index (χ1v) is 8.08. The van der Waals surface area contributed by atoms with Crippen molar-refractivity contribution in [1.82, 2.24) is 20.2 Å². The monoisotopic (exact) mass is 410 g/mol. The highest BCUT2D eigenvalue weighted by Crippen LogP contribution is 2.35. The molecular formula is C14H11IN4OS. The normalized spacial score (nSPS) is 18.1. The summed E-state index contributed by atoms with van der Waals surface area (Å²) in [6, 6.07) is 6.19. The number of rotatable bonds is 1. The van der Waals surface area contributed by atoms with Crippen molar-refractivity contribution in [3.63, 3.8) is 0 Å². The van der Waals surface area contributed by atoms with E-state index in [2.05, 4.69) is 48.8 Å². The second-order valence-corrected chi connectivity index (χ2v) is 6.88. The molecule has 1 aromatic carbocycles. The van der Waals surface area contributed by atoms with Crippen molar-refractivity contribution in [1.29, 1.82) is 0 Å². The average Bonchev–Trinajstić information content (AvgIpc) is 3.03. The molecule has 0 radical (unpaired) electrons. The highest BCUT2D eigenvalue weighted by Gasteiger charge is 2.30. The first-order chi connectivity index (χ1) is 10.1. The maximum absolute atomic E-state index is 12.4. The van der Waals surface area contributed by atoms with Crippen molar-refractivity contribution in [3.05, 3.63) is 43.6 Å². The van der Waals surface area contributed by atoms with Gasteiger partial charge in [0, 0.05) is 26.8 Å². The largest absolute Gasteiger partial charge is 0.352 e. The SMILES string of the molecule is O=C1CC(c2nc(=S)[nH][nH]2)Cc2c1[nH]c1ccc(I)cc21. The fourth-order valence-corrected chi connectivity index (χ4v) is 3.62. The van der Waals surface area contributed by atoms with Gasteiger partial charge in [0.05, 0.1) is 5.69 Å². The van der Waals surface area contributed by atoms with Gasteiger partial charge in [0.2, 0.25) is 4.77 Å². The number of benzene rings is 1. The number of nitrogens with one attached hydrogen (secondary N) is 3. The van der Waals surface area contributed by atoms with Crippen molar-refractivity contribution in [2.45, 2.75) is 18.8 Å². The molecule has 1 atom stereocenters. The molecule has 2 heterocycles. The van der Waals surface area contributed by atoms with Gasteiger partial charge in [-0.25, -0.2) is 4.98 Å². The summed E-state index contributed by atoms with van der Waals surface area (Å²) >= 11 is 7.29. The maximum Gasteiger partial charge on any atom is 0.213 e. The van der Waals surface area contributed by atoms with E-state index >= 15 is 0 Å². The Morgan fingerprint density at radius 2 is 2.14 bits per heavy atom. The van der Waals surface area contributed by atoms with Gasteiger partial charge in [0.15, 0.2) is 5.78 Å². The lowest BCUT2D eigenvalue weighted by molar-refractivity contribution is 0.0959. The van der Waals surface area contributed by atoms with Gasteiger partial charge in [0.1, 0.15) is 5.82 Å². The smallest absolute Gasteiger partial charge is 0.213 e. The van der Waals surface area contributed by atoms with Gasteiger partial charge in [-0.2, -0.15) is 0 Å². The molecule has 0 amide bonds. The highest BCUT2D eigenvalue weighted by atomic mass is 127. The van der Waals surface area contributed by atoms with Gasteiger partial charge in [-0.1, -0.05) is 0 Å². The number of aromatic nitrogens is 4. The number of carbonyl (C=O) groups excluding carboxylic acids is 1. The van der Waals surface area contributed by atoms with E-state index < -0.39 is 0 Å². The molecule has 0 bridgehead atoms. The molecule has 21 heavy (non-hydrogen) atoms. The zero-order valence-electron chi connectivity index (χ0n) is 10.9. The van der Waals surface area contributed by atoms with Crippen LogP contribution in [0.25, 0.3) is 10.9 Å². The van der Waals surface area contributed by atoms with E-state index in [4.69, 9.17) is 12.2 Å². The number of Topliss-reactive ketones (excluding diaryl/α,β-unsaturated/α-hetero) is 1. The Bertz CT molecular complexity index is 923. The standard InChI is InChI=1S/C14H11IN4OS/c15-7-1-2-10-8(5-7)9-3-6(4-11(20)12(9)16-10)13-17-14(21)19-18-13/h1-2,5-6,16H,3-4H2,(H2,17,18,19,21). The zero-order valence-corrected chi connectivity index (χ0v) is 13.8. The molecule has 1 aliphatic carbocycles. The second-order valence-electron chi connectivity index (χ2n) is 5.25. The highest BCUT2D eigenvalue weighted by molar-refractivity contribution is 14.1. The minimum absolute atomic E-state index is 0.0508. The van der Waals surface area contributed by atoms with E-state index in [1.54, 1.807) is 0 Å². The number of hydrogen-bond acceptors (Lipinski definition) is 3. The minimum atomic E-state index is 0.0508. The predicted octanol–water partition coefficient (Wildman–Crippen LogP) is 3.47. The third kappa shape index (κ3) is 2.15. The molecule has 0 fully saturated rings. The third-order valence-electron chi connectivity index (χ3n) is 3.94. The Morgan fingerprint density at radius 1 is 1.29 bits per heavy atom. The summed E-state index contributed by atoms with van der Waals surface area (Å²) in [5.41, 5.74) is 2.86. The van der Waals surface area contributed by atoms with Crippen LogP contribution in [0, 0.1) is 8.34 Å². The van der Waals surface area contributed by atoms with Crippen LogP contribution in [0.15, 0.2) is 18.2 Å². The summed E-state index contributed by atoms with van der Waals surface area (Å²) < 4.78 is 1.59. The number of aromatic amines is 3. The van der Waals surface area contributed by atoms with Crippen LogP contribution < -0.4 is 0 Å². The third-order valence-corrected chi connectivity index (χ3v) is 4.80. The van der Waals surface area contributed by atoms with Crippen molar-refractivity contribution in [3.8, 4) is 0 Å². The zero-order chi connectivity index (χ0) is 14.6. The molecule has 0 aliphatic heterocycles. The van der Waals surface area contributed by atoms with Gasteiger partial charge in [0.25, 0.3) is 0 Å². The molecule has 0 saturated carbocycles. The lowest BCUT2D eigenvalue weighted by Crippen LogP contribution is -2.19. The Labute approximate surface area is 138 Å². The summed E-state index contributed by atoms with van der Waals surface area (Å²) in [6.07, 6.45) is 1.24. The van der Waals surface area contributed by atoms with Gasteiger partial charge in [-0.05, 0) is 65.0 Å². The van der Waals surface area contributed by atoms with Crippen LogP contribution in [-0.4, -0.2) is 25.9 Å². The fraction of sp³-hybridized carbons (Fsp3) is 0.214. The van der Waals surface area contributed by atoms with Crippen LogP contribution >= 0.6 is 34.8 Å². The van der Waals surface area contributed by atoms with Gasteiger partial charge in [-0.15, -0.1) is 0 Å². The van der Waals surface area contributed by atoms with E-state index in [0.29, 0.717) is 11.2 Å². The Hall–Kier alpha value is -1.48. The molecule has 106 valence electrons. The number of fused-ring (bicyclic) bond motifs is 3. The summed E-state index contributed by atoms with van der Waals surface area (Å²) in [5, 5.41) is 6.91. The van der Waals surface area contributed by atoms with Crippen molar-refractivity contribution >= 4 is 51.5 Å². The van der Waals surface area contributed by atoms with Crippen LogP contribution in [0.1, 0.15) is 34.2 Å². The molecule has 7 heteroatoms. The summed E-state index contributed by atoms with van der Waals surface area (Å²) in [5.74, 6) is 0.948. The van der Waals surface area contributed by atoms with Crippen LogP contribution in [0.3, 0.4) is 0 Å². The molecule has 1 aliphatic rings. The van der Waals surface area contributed by atoms with Crippen LogP contribution in [-0.2, 0) is 6.42 Å². The van der Waals surface area contributed by atoms with Crippen LogP contribution in [0.2, 0.25) is 0 Å². The van der Waals surface area contributed by atoms with Crippen molar-refractivity contribution in [2.75, 3.05) is 0 Å². The van der Waals surface area contributed by atoms with E-state index in [0.717, 1.165) is 38.0 Å². The summed E-state index contributed by atoms with van der Waals surface area (Å²) in [4.78, 5) is 19.9. The van der Waals surface area contributed by atoms with Gasteiger partial charge in [-0.3, -0.25) is 15.0 Å². The summed E-state index contributed by atoms with van der Waals surface area (Å²) in [7, 11) is 0. The number of halogens is 1. The second kappa shape index (κ2) is 4.77. The molecule has 0 saturated heterocycles. The number of nitrogens with zero attached hydrogens (tertiary/aromatic N) is 1. The maximum atomic E-state index is 12.4. The molecule has 4 rings (SSSR count). The Balaban J connectivity index is 1.86. The number of H-pyrrole nitrogens is 3. The van der Waals surface area contributed by atoms with Crippen LogP contribution in [0.5, 0.6) is 0 Å². The molecule has 0 spiro atoms. The lowest BCUT2D eigenvalue weighted by atomic mass is 9.85. The number of carbonyl (C=O) groups is 1. The molecule has 5 nitrogen and oxygen atoms in total. The predicted molar refractivity (Wildman–Crippen MR) is 90.2 cm³/mol. The first-order valence-electron chi connectivity index (χ1n) is 6.59. The quantitative estimate of drug-likeness (QED) is 0.425. The topological polar surface area (TPSA) is 77.3 Å². The molecule has 1 unspecified atom stereocenters. The summed E-state index contributed by atoms with van der Waals surface area (Å²) in [6.45, 7) is 0. The number of hydrogen-bond donors (Lipinski definition) is 3. The molecule has 3 aromatic rings. The minimum Gasteiger partial charge on any atom is -0.352 e. The lowest BCUT2D eigenvalue weighted by Gasteiger charge is -2.19. The van der Waals surface area contributed by atoms with Gasteiger partial charge < -0.3 is 4.98 Å². The molecular weight excluding hydrogens is 399 g/mol. The Morgan fingerprint density at radius 3 is 2.90 bits per heavy atom.